The number of hydrogen-bond acceptors (Lipinski definition) is 3. The Morgan fingerprint density at radius 3 is 2.28 bits per heavy atom. The molecule has 5 heteroatoms. The molecule has 0 unspecified atom stereocenters. The molecule has 5 rings (SSSR count). The van der Waals surface area contributed by atoms with E-state index in [1.165, 1.54) is 11.1 Å². The Morgan fingerprint density at radius 1 is 0.972 bits per heavy atom. The lowest BCUT2D eigenvalue weighted by molar-refractivity contribution is -0.134. The number of amides is 2. The minimum absolute atomic E-state index is 0.146. The van der Waals surface area contributed by atoms with Crippen molar-refractivity contribution in [2.24, 2.45) is 5.92 Å². The van der Waals surface area contributed by atoms with E-state index in [1.807, 2.05) is 50.2 Å². The Labute approximate surface area is 213 Å². The zero-order valence-electron chi connectivity index (χ0n) is 21.3. The molecule has 0 saturated heterocycles. The molecule has 1 fully saturated rings. The zero-order valence-corrected chi connectivity index (χ0v) is 21.3. The fraction of sp³-hybridized carbons (Fsp3) is 0.355. The van der Waals surface area contributed by atoms with Gasteiger partial charge >= 0.3 is 0 Å². The van der Waals surface area contributed by atoms with Crippen LogP contribution in [0.2, 0.25) is 0 Å². The van der Waals surface area contributed by atoms with Crippen molar-refractivity contribution in [3.05, 3.63) is 94.5 Å². The predicted molar refractivity (Wildman–Crippen MR) is 142 cm³/mol. The fourth-order valence-electron chi connectivity index (χ4n) is 4.92. The molecule has 36 heavy (non-hydrogen) atoms. The van der Waals surface area contributed by atoms with Crippen LogP contribution in [0.5, 0.6) is 5.75 Å². The third-order valence-electron chi connectivity index (χ3n) is 7.21. The van der Waals surface area contributed by atoms with Gasteiger partial charge < -0.3 is 15.0 Å². The lowest BCUT2D eigenvalue weighted by Gasteiger charge is -2.38. The van der Waals surface area contributed by atoms with Crippen LogP contribution < -0.4 is 10.1 Å². The molecule has 2 aliphatic rings. The van der Waals surface area contributed by atoms with E-state index in [4.69, 9.17) is 4.74 Å². The van der Waals surface area contributed by atoms with Gasteiger partial charge in [0.25, 0.3) is 5.91 Å². The number of anilines is 1. The first-order chi connectivity index (χ1) is 17.4. The van der Waals surface area contributed by atoms with Gasteiger partial charge in [0.15, 0.2) is 6.10 Å². The highest BCUT2D eigenvalue weighted by molar-refractivity contribution is 5.94. The van der Waals surface area contributed by atoms with Crippen molar-refractivity contribution in [3.63, 3.8) is 0 Å². The Morgan fingerprint density at radius 2 is 1.64 bits per heavy atom. The van der Waals surface area contributed by atoms with E-state index in [0.717, 1.165) is 48.2 Å². The first-order valence-corrected chi connectivity index (χ1v) is 13.0. The van der Waals surface area contributed by atoms with Crippen molar-refractivity contribution < 1.29 is 14.3 Å². The van der Waals surface area contributed by atoms with Crippen LogP contribution in [0.1, 0.15) is 60.0 Å². The van der Waals surface area contributed by atoms with E-state index in [1.54, 1.807) is 0 Å². The SMILES string of the molecule is CC[C@H](Oc1ccc2c(c1)[C@H](c1ccc(C)cc1)N(C(=O)C1CC1)CC2)C(=O)Nc1ccc(C)cc1. The molecule has 1 N–H and O–H groups in total. The number of ether oxygens (including phenoxy) is 1. The maximum atomic E-state index is 13.3. The van der Waals surface area contributed by atoms with Gasteiger partial charge in [-0.2, -0.15) is 0 Å². The number of nitrogens with one attached hydrogen (secondary N) is 1. The van der Waals surface area contributed by atoms with Crippen molar-refractivity contribution in [3.8, 4) is 5.75 Å². The molecule has 1 aliphatic heterocycles. The van der Waals surface area contributed by atoms with Gasteiger partial charge in [-0.05, 0) is 80.5 Å². The fourth-order valence-corrected chi connectivity index (χ4v) is 4.92. The molecule has 0 radical (unpaired) electrons. The summed E-state index contributed by atoms with van der Waals surface area (Å²) in [5.74, 6) is 0.896. The largest absolute Gasteiger partial charge is 0.481 e. The van der Waals surface area contributed by atoms with Crippen LogP contribution in [0.15, 0.2) is 66.7 Å². The quantitative estimate of drug-likeness (QED) is 0.450. The van der Waals surface area contributed by atoms with Gasteiger partial charge in [-0.3, -0.25) is 9.59 Å². The molecule has 1 saturated carbocycles. The maximum absolute atomic E-state index is 13.3. The number of carbonyl (C=O) groups is 2. The molecular formula is C31H34N2O3. The molecule has 1 aliphatic carbocycles. The summed E-state index contributed by atoms with van der Waals surface area (Å²) < 4.78 is 6.23. The highest BCUT2D eigenvalue weighted by Gasteiger charge is 2.39. The summed E-state index contributed by atoms with van der Waals surface area (Å²) in [5.41, 5.74) is 6.51. The molecule has 2 amide bonds. The van der Waals surface area contributed by atoms with Crippen LogP contribution in [-0.2, 0) is 16.0 Å². The Kier molecular flexibility index (Phi) is 6.82. The van der Waals surface area contributed by atoms with Gasteiger partial charge in [-0.25, -0.2) is 0 Å². The lowest BCUT2D eigenvalue weighted by Crippen LogP contribution is -2.41. The second-order valence-corrected chi connectivity index (χ2v) is 10.1. The molecule has 0 spiro atoms. The summed E-state index contributed by atoms with van der Waals surface area (Å²) in [6.07, 6.45) is 2.72. The minimum Gasteiger partial charge on any atom is -0.481 e. The summed E-state index contributed by atoms with van der Waals surface area (Å²) >= 11 is 0. The molecule has 186 valence electrons. The summed E-state index contributed by atoms with van der Waals surface area (Å²) in [6.45, 7) is 6.76. The molecule has 3 aromatic carbocycles. The molecule has 0 bridgehead atoms. The normalized spacial score (nSPS) is 17.8. The molecule has 0 aromatic heterocycles. The maximum Gasteiger partial charge on any atom is 0.265 e. The predicted octanol–water partition coefficient (Wildman–Crippen LogP) is 5.98. The van der Waals surface area contributed by atoms with Crippen LogP contribution in [0, 0.1) is 19.8 Å². The summed E-state index contributed by atoms with van der Waals surface area (Å²) in [6, 6.07) is 22.1. The molecule has 5 nitrogen and oxygen atoms in total. The average molecular weight is 483 g/mol. The Hall–Kier alpha value is -3.60. The van der Waals surface area contributed by atoms with Crippen LogP contribution in [0.25, 0.3) is 0 Å². The first kappa shape index (κ1) is 24.1. The van der Waals surface area contributed by atoms with E-state index >= 15 is 0 Å². The van der Waals surface area contributed by atoms with E-state index in [-0.39, 0.29) is 23.8 Å². The van der Waals surface area contributed by atoms with E-state index in [0.29, 0.717) is 12.2 Å². The van der Waals surface area contributed by atoms with Gasteiger partial charge in [-0.1, -0.05) is 60.5 Å². The Bertz CT molecular complexity index is 1250. The van der Waals surface area contributed by atoms with Crippen molar-refractivity contribution in [2.45, 2.75) is 58.6 Å². The third-order valence-corrected chi connectivity index (χ3v) is 7.21. The van der Waals surface area contributed by atoms with Gasteiger partial charge in [0.1, 0.15) is 5.75 Å². The minimum atomic E-state index is -0.616. The number of aryl methyl sites for hydroxylation is 2. The summed E-state index contributed by atoms with van der Waals surface area (Å²) in [5, 5.41) is 2.97. The number of nitrogens with zero attached hydrogens (tertiary/aromatic N) is 1. The number of benzene rings is 3. The Balaban J connectivity index is 1.42. The summed E-state index contributed by atoms with van der Waals surface area (Å²) in [4.78, 5) is 28.3. The van der Waals surface area contributed by atoms with Crippen molar-refractivity contribution in [1.82, 2.24) is 4.90 Å². The van der Waals surface area contributed by atoms with Crippen LogP contribution in [-0.4, -0.2) is 29.4 Å². The summed E-state index contributed by atoms with van der Waals surface area (Å²) in [7, 11) is 0. The van der Waals surface area contributed by atoms with Crippen LogP contribution in [0.4, 0.5) is 5.69 Å². The van der Waals surface area contributed by atoms with Crippen LogP contribution >= 0.6 is 0 Å². The van der Waals surface area contributed by atoms with Crippen molar-refractivity contribution >= 4 is 17.5 Å². The highest BCUT2D eigenvalue weighted by atomic mass is 16.5. The zero-order chi connectivity index (χ0) is 25.2. The average Bonchev–Trinajstić information content (AvgIpc) is 3.74. The standard InChI is InChI=1S/C31H34N2O3/c1-4-28(30(34)32-25-14-7-21(3)8-15-25)36-26-16-13-22-17-18-33(31(35)24-11-12-24)29(27(22)19-26)23-9-5-20(2)6-10-23/h5-10,13-16,19,24,28-29H,4,11-12,17-18H2,1-3H3,(H,32,34)/t28-,29-/m0/s1. The number of carbonyl (C=O) groups excluding carboxylic acids is 2. The van der Waals surface area contributed by atoms with Crippen molar-refractivity contribution in [1.29, 1.82) is 0 Å². The van der Waals surface area contributed by atoms with E-state index < -0.39 is 6.10 Å². The van der Waals surface area contributed by atoms with Gasteiger partial charge in [-0.15, -0.1) is 0 Å². The van der Waals surface area contributed by atoms with Gasteiger partial charge in [0.2, 0.25) is 5.91 Å². The third kappa shape index (κ3) is 5.15. The van der Waals surface area contributed by atoms with Gasteiger partial charge in [0, 0.05) is 18.2 Å². The number of hydrogen-bond donors (Lipinski definition) is 1. The second kappa shape index (κ2) is 10.2. The second-order valence-electron chi connectivity index (χ2n) is 10.1. The first-order valence-electron chi connectivity index (χ1n) is 13.0. The lowest BCUT2D eigenvalue weighted by atomic mass is 9.87. The highest BCUT2D eigenvalue weighted by Crippen LogP contribution is 2.41. The molecule has 2 atom stereocenters. The van der Waals surface area contributed by atoms with Crippen LogP contribution in [0.3, 0.4) is 0 Å². The number of fused-ring (bicyclic) bond motifs is 1. The van der Waals surface area contributed by atoms with Crippen molar-refractivity contribution in [2.75, 3.05) is 11.9 Å². The molecule has 3 aromatic rings. The van der Waals surface area contributed by atoms with E-state index in [9.17, 15) is 9.59 Å². The monoisotopic (exact) mass is 482 g/mol. The topological polar surface area (TPSA) is 58.6 Å². The number of rotatable bonds is 7. The van der Waals surface area contributed by atoms with Gasteiger partial charge in [0.05, 0.1) is 6.04 Å². The molecule has 1 heterocycles. The van der Waals surface area contributed by atoms with E-state index in [2.05, 4.69) is 47.5 Å². The smallest absolute Gasteiger partial charge is 0.265 e. The molecular weight excluding hydrogens is 448 g/mol.